The summed E-state index contributed by atoms with van der Waals surface area (Å²) in [5, 5.41) is 12.2. The van der Waals surface area contributed by atoms with Crippen LogP contribution in [0.3, 0.4) is 0 Å². The Balaban J connectivity index is 2.50. The summed E-state index contributed by atoms with van der Waals surface area (Å²) in [5.41, 5.74) is 1.76. The van der Waals surface area contributed by atoms with Gasteiger partial charge in [-0.1, -0.05) is 18.2 Å². The van der Waals surface area contributed by atoms with Gasteiger partial charge in [-0.05, 0) is 46.3 Å². The fourth-order valence-electron chi connectivity index (χ4n) is 2.05. The molecule has 1 rings (SSSR count). The lowest BCUT2D eigenvalue weighted by molar-refractivity contribution is -0.142. The molecule has 120 valence electrons. The number of allylic oxidation sites excluding steroid dienone is 5. The van der Waals surface area contributed by atoms with Gasteiger partial charge in [-0.15, -0.1) is 0 Å². The van der Waals surface area contributed by atoms with Gasteiger partial charge in [0.1, 0.15) is 6.04 Å². The number of carboxylic acids is 1. The number of likely N-dealkylation sites (N-methyl/N-ethyl adjacent to an activating group) is 1. The van der Waals surface area contributed by atoms with Crippen LogP contribution < -0.4 is 5.32 Å². The maximum atomic E-state index is 11.1. The molecule has 0 aromatic rings. The quantitative estimate of drug-likeness (QED) is 0.526. The summed E-state index contributed by atoms with van der Waals surface area (Å²) in [6.45, 7) is 4.49. The molecular formula is C16H24N4O2. The molecule has 6 heteroatoms. The van der Waals surface area contributed by atoms with E-state index in [1.54, 1.807) is 25.2 Å². The fourth-order valence-corrected chi connectivity index (χ4v) is 2.05. The molecule has 0 heterocycles. The lowest BCUT2D eigenvalue weighted by atomic mass is 10.1. The molecule has 0 aliphatic heterocycles. The van der Waals surface area contributed by atoms with Crippen LogP contribution in [0.25, 0.3) is 0 Å². The lowest BCUT2D eigenvalue weighted by Crippen LogP contribution is -2.38. The molecule has 0 aromatic carbocycles. The molecule has 0 saturated carbocycles. The molecular weight excluding hydrogens is 280 g/mol. The van der Waals surface area contributed by atoms with E-state index in [0.717, 1.165) is 17.7 Å². The van der Waals surface area contributed by atoms with Gasteiger partial charge >= 0.3 is 5.97 Å². The standard InChI is InChI=1S/C16H24N4O2/c1-17-11-13-7-5-4-6-8-14(13)19-12-18-10-9-15(16(21)22)20(2)3/h5-8,11,15,18H,1,4,9-10,12H2,2-3H3,(H,21,22)/b13-11-,19-14-. The average Bonchev–Trinajstić information content (AvgIpc) is 2.68. The molecule has 0 aromatic heterocycles. The second-order valence-electron chi connectivity index (χ2n) is 5.12. The van der Waals surface area contributed by atoms with Crippen molar-refractivity contribution in [3.63, 3.8) is 0 Å². The number of carboxylic acid groups (broad SMARTS) is 1. The highest BCUT2D eigenvalue weighted by Crippen LogP contribution is 2.08. The Morgan fingerprint density at radius 1 is 1.50 bits per heavy atom. The topological polar surface area (TPSA) is 77.3 Å². The first-order valence-electron chi connectivity index (χ1n) is 7.20. The van der Waals surface area contributed by atoms with Crippen LogP contribution in [0.4, 0.5) is 0 Å². The minimum atomic E-state index is -0.808. The lowest BCUT2D eigenvalue weighted by Gasteiger charge is -2.19. The number of aliphatic carboxylic acids is 1. The first kappa shape index (κ1) is 18.0. The molecule has 6 nitrogen and oxygen atoms in total. The van der Waals surface area contributed by atoms with Crippen LogP contribution >= 0.6 is 0 Å². The summed E-state index contributed by atoms with van der Waals surface area (Å²) in [5.74, 6) is -0.808. The minimum absolute atomic E-state index is 0.432. The van der Waals surface area contributed by atoms with E-state index in [4.69, 9.17) is 5.11 Å². The molecule has 0 fully saturated rings. The van der Waals surface area contributed by atoms with E-state index in [1.807, 2.05) is 24.3 Å². The summed E-state index contributed by atoms with van der Waals surface area (Å²) in [4.78, 5) is 21.0. The van der Waals surface area contributed by atoms with Crippen LogP contribution in [0.2, 0.25) is 0 Å². The highest BCUT2D eigenvalue weighted by molar-refractivity contribution is 6.10. The Hall–Kier alpha value is -2.05. The van der Waals surface area contributed by atoms with Crippen molar-refractivity contribution in [2.75, 3.05) is 27.3 Å². The molecule has 0 amide bonds. The number of rotatable bonds is 8. The van der Waals surface area contributed by atoms with Gasteiger partial charge in [-0.2, -0.15) is 0 Å². The zero-order chi connectivity index (χ0) is 16.4. The predicted octanol–water partition coefficient (Wildman–Crippen LogP) is 1.48. The molecule has 0 radical (unpaired) electrons. The SMILES string of the molecule is C=N/C=C1/C=CCC=C/C1=N/CNCCC(C(=O)O)N(C)C. The largest absolute Gasteiger partial charge is 0.480 e. The number of hydrogen-bond donors (Lipinski definition) is 2. The van der Waals surface area contributed by atoms with Gasteiger partial charge < -0.3 is 5.11 Å². The van der Waals surface area contributed by atoms with E-state index in [1.165, 1.54) is 0 Å². The van der Waals surface area contributed by atoms with Crippen LogP contribution in [0, 0.1) is 0 Å². The summed E-state index contributed by atoms with van der Waals surface area (Å²) < 4.78 is 0. The molecule has 0 saturated heterocycles. The van der Waals surface area contributed by atoms with E-state index >= 15 is 0 Å². The number of aliphatic imine (C=N–C) groups is 2. The smallest absolute Gasteiger partial charge is 0.320 e. The van der Waals surface area contributed by atoms with Crippen molar-refractivity contribution < 1.29 is 9.90 Å². The minimum Gasteiger partial charge on any atom is -0.480 e. The maximum absolute atomic E-state index is 11.1. The summed E-state index contributed by atoms with van der Waals surface area (Å²) in [7, 11) is 3.53. The van der Waals surface area contributed by atoms with Gasteiger partial charge in [0, 0.05) is 11.8 Å². The third kappa shape index (κ3) is 6.15. The molecule has 22 heavy (non-hydrogen) atoms. The Labute approximate surface area is 131 Å². The molecule has 1 aliphatic carbocycles. The Morgan fingerprint density at radius 3 is 2.86 bits per heavy atom. The molecule has 2 N–H and O–H groups in total. The van der Waals surface area contributed by atoms with Crippen molar-refractivity contribution in [3.05, 3.63) is 36.1 Å². The third-order valence-corrected chi connectivity index (χ3v) is 3.24. The van der Waals surface area contributed by atoms with Crippen molar-refractivity contribution in [2.24, 2.45) is 9.98 Å². The summed E-state index contributed by atoms with van der Waals surface area (Å²) in [6.07, 6.45) is 11.1. The molecule has 1 unspecified atom stereocenters. The third-order valence-electron chi connectivity index (χ3n) is 3.24. The maximum Gasteiger partial charge on any atom is 0.320 e. The number of hydrogen-bond acceptors (Lipinski definition) is 5. The number of nitrogens with zero attached hydrogens (tertiary/aromatic N) is 3. The van der Waals surface area contributed by atoms with Gasteiger partial charge in [-0.25, -0.2) is 0 Å². The van der Waals surface area contributed by atoms with Crippen molar-refractivity contribution in [1.29, 1.82) is 0 Å². The first-order valence-corrected chi connectivity index (χ1v) is 7.20. The highest BCUT2D eigenvalue weighted by atomic mass is 16.4. The van der Waals surface area contributed by atoms with Crippen LogP contribution in [0.1, 0.15) is 12.8 Å². The monoisotopic (exact) mass is 304 g/mol. The van der Waals surface area contributed by atoms with Crippen LogP contribution in [0.15, 0.2) is 46.1 Å². The van der Waals surface area contributed by atoms with Gasteiger partial charge in [-0.3, -0.25) is 25.0 Å². The van der Waals surface area contributed by atoms with E-state index < -0.39 is 12.0 Å². The zero-order valence-corrected chi connectivity index (χ0v) is 13.2. The van der Waals surface area contributed by atoms with E-state index in [2.05, 4.69) is 22.0 Å². The van der Waals surface area contributed by atoms with Crippen LogP contribution in [-0.4, -0.2) is 61.8 Å². The van der Waals surface area contributed by atoms with Crippen LogP contribution in [0.5, 0.6) is 0 Å². The summed E-state index contributed by atoms with van der Waals surface area (Å²) in [6, 6.07) is -0.485. The zero-order valence-electron chi connectivity index (χ0n) is 13.2. The predicted molar refractivity (Wildman–Crippen MR) is 90.6 cm³/mol. The molecule has 1 atom stereocenters. The second-order valence-corrected chi connectivity index (χ2v) is 5.12. The Kier molecular flexibility index (Phi) is 8.03. The van der Waals surface area contributed by atoms with Crippen molar-refractivity contribution in [1.82, 2.24) is 10.2 Å². The first-order chi connectivity index (χ1) is 10.6. The molecule has 0 spiro atoms. The number of carbonyl (C=O) groups is 1. The summed E-state index contributed by atoms with van der Waals surface area (Å²) >= 11 is 0. The average molecular weight is 304 g/mol. The second kappa shape index (κ2) is 9.81. The Bertz CT molecular complexity index is 504. The van der Waals surface area contributed by atoms with Crippen molar-refractivity contribution in [3.8, 4) is 0 Å². The molecule has 1 aliphatic rings. The van der Waals surface area contributed by atoms with Gasteiger partial charge in [0.2, 0.25) is 0 Å². The van der Waals surface area contributed by atoms with Crippen LogP contribution in [-0.2, 0) is 4.79 Å². The van der Waals surface area contributed by atoms with Gasteiger partial charge in [0.25, 0.3) is 0 Å². The van der Waals surface area contributed by atoms with Crippen molar-refractivity contribution >= 4 is 18.4 Å². The Morgan fingerprint density at radius 2 is 2.23 bits per heavy atom. The van der Waals surface area contributed by atoms with Gasteiger partial charge in [0.05, 0.1) is 12.4 Å². The molecule has 0 bridgehead atoms. The fraction of sp³-hybridized carbons (Fsp3) is 0.438. The number of nitrogens with one attached hydrogen (secondary N) is 1. The normalized spacial score (nSPS) is 19.6. The van der Waals surface area contributed by atoms with E-state index in [0.29, 0.717) is 19.6 Å². The van der Waals surface area contributed by atoms with Crippen molar-refractivity contribution in [2.45, 2.75) is 18.9 Å². The highest BCUT2D eigenvalue weighted by Gasteiger charge is 2.18. The van der Waals surface area contributed by atoms with Gasteiger partial charge in [0.15, 0.2) is 0 Å². The van der Waals surface area contributed by atoms with E-state index in [-0.39, 0.29) is 0 Å². The van der Waals surface area contributed by atoms with E-state index in [9.17, 15) is 4.79 Å².